The number of hydrogen-bond donors (Lipinski definition) is 1. The van der Waals surface area contributed by atoms with Crippen molar-refractivity contribution in [3.8, 4) is 0 Å². The molecule has 0 aromatic heterocycles. The molecule has 0 saturated heterocycles. The Bertz CT molecular complexity index is 215. The van der Waals surface area contributed by atoms with E-state index in [4.69, 9.17) is 4.74 Å². The van der Waals surface area contributed by atoms with E-state index in [1.54, 1.807) is 0 Å². The molecule has 2 heteroatoms. The van der Waals surface area contributed by atoms with Crippen LogP contribution in [0.3, 0.4) is 0 Å². The van der Waals surface area contributed by atoms with E-state index in [0.29, 0.717) is 11.3 Å². The molecular formula is C15H31NO. The second-order valence-corrected chi connectivity index (χ2v) is 6.57. The molecule has 1 saturated carbocycles. The van der Waals surface area contributed by atoms with Gasteiger partial charge in [0.2, 0.25) is 0 Å². The van der Waals surface area contributed by atoms with Crippen molar-refractivity contribution >= 4 is 0 Å². The minimum atomic E-state index is 0.523. The topological polar surface area (TPSA) is 21.3 Å². The molecule has 0 spiro atoms. The second kappa shape index (κ2) is 6.75. The molecule has 0 amide bonds. The molecular weight excluding hydrogens is 210 g/mol. The van der Waals surface area contributed by atoms with E-state index in [2.05, 4.69) is 33.0 Å². The van der Waals surface area contributed by atoms with Crippen LogP contribution in [-0.4, -0.2) is 26.8 Å². The lowest BCUT2D eigenvalue weighted by molar-refractivity contribution is 0.0405. The minimum absolute atomic E-state index is 0.523. The second-order valence-electron chi connectivity index (χ2n) is 6.57. The van der Waals surface area contributed by atoms with Crippen LogP contribution in [0.25, 0.3) is 0 Å². The molecule has 1 rings (SSSR count). The highest BCUT2D eigenvalue weighted by Gasteiger charge is 2.37. The zero-order valence-electron chi connectivity index (χ0n) is 12.4. The van der Waals surface area contributed by atoms with Gasteiger partial charge in [0.15, 0.2) is 0 Å². The van der Waals surface area contributed by atoms with E-state index in [1.165, 1.54) is 25.8 Å². The predicted octanol–water partition coefficient (Wildman–Crippen LogP) is 3.32. The molecule has 0 aromatic rings. The summed E-state index contributed by atoms with van der Waals surface area (Å²) in [5, 5.41) is 3.53. The maximum absolute atomic E-state index is 5.36. The molecule has 0 heterocycles. The standard InChI is InChI=1S/C15H31NO/c1-6-16-10-13-7-8-15(3,4)9-14(13)12(2)11-17-5/h12-14,16H,6-11H2,1-5H3. The number of hydrogen-bond acceptors (Lipinski definition) is 2. The Balaban J connectivity index is 2.61. The summed E-state index contributed by atoms with van der Waals surface area (Å²) in [6.07, 6.45) is 4.10. The minimum Gasteiger partial charge on any atom is -0.384 e. The van der Waals surface area contributed by atoms with Gasteiger partial charge in [-0.2, -0.15) is 0 Å². The fourth-order valence-corrected chi connectivity index (χ4v) is 3.33. The highest BCUT2D eigenvalue weighted by molar-refractivity contribution is 4.88. The summed E-state index contributed by atoms with van der Waals surface area (Å²) in [5.74, 6) is 2.34. The molecule has 102 valence electrons. The van der Waals surface area contributed by atoms with Gasteiger partial charge in [0.1, 0.15) is 0 Å². The van der Waals surface area contributed by atoms with Crippen LogP contribution in [0.1, 0.15) is 47.0 Å². The molecule has 1 aliphatic rings. The lowest BCUT2D eigenvalue weighted by atomic mass is 9.63. The van der Waals surface area contributed by atoms with Crippen LogP contribution in [0.5, 0.6) is 0 Å². The number of nitrogens with one attached hydrogen (secondary N) is 1. The van der Waals surface area contributed by atoms with E-state index in [9.17, 15) is 0 Å². The molecule has 3 unspecified atom stereocenters. The van der Waals surface area contributed by atoms with Crippen molar-refractivity contribution in [3.05, 3.63) is 0 Å². The van der Waals surface area contributed by atoms with Gasteiger partial charge < -0.3 is 10.1 Å². The predicted molar refractivity (Wildman–Crippen MR) is 74.2 cm³/mol. The summed E-state index contributed by atoms with van der Waals surface area (Å²) < 4.78 is 5.36. The summed E-state index contributed by atoms with van der Waals surface area (Å²) in [6.45, 7) is 12.6. The summed E-state index contributed by atoms with van der Waals surface area (Å²) in [6, 6.07) is 0. The van der Waals surface area contributed by atoms with Crippen molar-refractivity contribution in [2.75, 3.05) is 26.8 Å². The van der Waals surface area contributed by atoms with Crippen LogP contribution in [0.2, 0.25) is 0 Å². The molecule has 0 bridgehead atoms. The molecule has 0 radical (unpaired) electrons. The van der Waals surface area contributed by atoms with Crippen molar-refractivity contribution in [2.24, 2.45) is 23.2 Å². The van der Waals surface area contributed by atoms with Gasteiger partial charge in [-0.1, -0.05) is 27.7 Å². The summed E-state index contributed by atoms with van der Waals surface area (Å²) in [4.78, 5) is 0. The van der Waals surface area contributed by atoms with Crippen LogP contribution in [-0.2, 0) is 4.74 Å². The molecule has 1 aliphatic carbocycles. The highest BCUT2D eigenvalue weighted by Crippen LogP contribution is 2.44. The highest BCUT2D eigenvalue weighted by atomic mass is 16.5. The van der Waals surface area contributed by atoms with Gasteiger partial charge in [0, 0.05) is 13.7 Å². The first-order chi connectivity index (χ1) is 8.00. The van der Waals surface area contributed by atoms with Gasteiger partial charge in [-0.15, -0.1) is 0 Å². The van der Waals surface area contributed by atoms with Crippen LogP contribution < -0.4 is 5.32 Å². The van der Waals surface area contributed by atoms with Gasteiger partial charge in [0.25, 0.3) is 0 Å². The Hall–Kier alpha value is -0.0800. The third kappa shape index (κ3) is 4.59. The monoisotopic (exact) mass is 241 g/mol. The largest absolute Gasteiger partial charge is 0.384 e. The SMILES string of the molecule is CCNCC1CCC(C)(C)CC1C(C)COC. The Morgan fingerprint density at radius 3 is 2.71 bits per heavy atom. The first-order valence-electron chi connectivity index (χ1n) is 7.20. The smallest absolute Gasteiger partial charge is 0.0490 e. The number of methoxy groups -OCH3 is 1. The number of rotatable bonds is 6. The Morgan fingerprint density at radius 1 is 1.41 bits per heavy atom. The van der Waals surface area contributed by atoms with Crippen LogP contribution in [0.15, 0.2) is 0 Å². The van der Waals surface area contributed by atoms with E-state index >= 15 is 0 Å². The number of ether oxygens (including phenoxy) is 1. The van der Waals surface area contributed by atoms with Gasteiger partial charge in [-0.05, 0) is 55.5 Å². The fraction of sp³-hybridized carbons (Fsp3) is 1.00. The lowest BCUT2D eigenvalue weighted by Crippen LogP contribution is -2.39. The maximum atomic E-state index is 5.36. The van der Waals surface area contributed by atoms with Crippen LogP contribution >= 0.6 is 0 Å². The van der Waals surface area contributed by atoms with Crippen molar-refractivity contribution in [1.29, 1.82) is 0 Å². The van der Waals surface area contributed by atoms with E-state index in [-0.39, 0.29) is 0 Å². The van der Waals surface area contributed by atoms with Crippen molar-refractivity contribution in [3.63, 3.8) is 0 Å². The first kappa shape index (κ1) is 15.0. The van der Waals surface area contributed by atoms with Crippen LogP contribution in [0, 0.1) is 23.2 Å². The average molecular weight is 241 g/mol. The summed E-state index contributed by atoms with van der Waals surface area (Å²) in [7, 11) is 1.82. The molecule has 1 fully saturated rings. The van der Waals surface area contributed by atoms with Gasteiger partial charge in [-0.3, -0.25) is 0 Å². The van der Waals surface area contributed by atoms with Crippen LogP contribution in [0.4, 0.5) is 0 Å². The van der Waals surface area contributed by atoms with Crippen molar-refractivity contribution in [2.45, 2.75) is 47.0 Å². The first-order valence-corrected chi connectivity index (χ1v) is 7.20. The molecule has 1 N–H and O–H groups in total. The third-order valence-electron chi connectivity index (χ3n) is 4.40. The Kier molecular flexibility index (Phi) is 5.94. The Morgan fingerprint density at radius 2 is 2.12 bits per heavy atom. The quantitative estimate of drug-likeness (QED) is 0.770. The van der Waals surface area contributed by atoms with Crippen molar-refractivity contribution < 1.29 is 4.74 Å². The molecule has 17 heavy (non-hydrogen) atoms. The molecule has 0 aliphatic heterocycles. The van der Waals surface area contributed by atoms with Gasteiger partial charge in [-0.25, -0.2) is 0 Å². The summed E-state index contributed by atoms with van der Waals surface area (Å²) in [5.41, 5.74) is 0.523. The molecule has 0 aromatic carbocycles. The zero-order chi connectivity index (χ0) is 12.9. The normalized spacial score (nSPS) is 30.2. The van der Waals surface area contributed by atoms with Gasteiger partial charge >= 0.3 is 0 Å². The average Bonchev–Trinajstić information content (AvgIpc) is 2.27. The molecule has 2 nitrogen and oxygen atoms in total. The van der Waals surface area contributed by atoms with E-state index in [1.807, 2.05) is 7.11 Å². The van der Waals surface area contributed by atoms with E-state index in [0.717, 1.165) is 25.0 Å². The van der Waals surface area contributed by atoms with E-state index < -0.39 is 0 Å². The third-order valence-corrected chi connectivity index (χ3v) is 4.40. The van der Waals surface area contributed by atoms with Gasteiger partial charge in [0.05, 0.1) is 0 Å². The molecule has 3 atom stereocenters. The maximum Gasteiger partial charge on any atom is 0.0490 e. The Labute approximate surface area is 108 Å². The summed E-state index contributed by atoms with van der Waals surface area (Å²) >= 11 is 0. The lowest BCUT2D eigenvalue weighted by Gasteiger charge is -2.43. The zero-order valence-corrected chi connectivity index (χ0v) is 12.4. The fourth-order valence-electron chi connectivity index (χ4n) is 3.33. The van der Waals surface area contributed by atoms with Crippen molar-refractivity contribution in [1.82, 2.24) is 5.32 Å².